The van der Waals surface area contributed by atoms with Crippen molar-refractivity contribution in [2.75, 3.05) is 6.61 Å². The molecule has 0 unspecified atom stereocenters. The number of carbonyl (C=O) groups is 2. The summed E-state index contributed by atoms with van der Waals surface area (Å²) in [5.41, 5.74) is 7.32. The van der Waals surface area contributed by atoms with Crippen molar-refractivity contribution >= 4 is 11.8 Å². The highest BCUT2D eigenvalue weighted by Gasteiger charge is 2.54. The van der Waals surface area contributed by atoms with Crippen molar-refractivity contribution in [1.82, 2.24) is 20.1 Å². The van der Waals surface area contributed by atoms with Crippen molar-refractivity contribution in [3.8, 4) is 22.8 Å². The van der Waals surface area contributed by atoms with Crippen LogP contribution < -0.4 is 20.5 Å². The first kappa shape index (κ1) is 26.5. The Hall–Kier alpha value is -4.09. The lowest BCUT2D eigenvalue weighted by Gasteiger charge is -2.57. The standard InChI is InChI=1S/C27H28F3N5O4/c1-35-15-18(14-33-35)16-7-17(9-20(8-16)38-6-4-27(28,29)30)24(37)34-19-10-26(11-19)12-21(13-26)39-25-22(23(31)36)3-2-5-32-25/h2-3,5,7-9,14-15,19,21H,4,6,10-13H2,1H3,(H2,31,36)(H,34,37). The molecule has 2 amide bonds. The van der Waals surface area contributed by atoms with E-state index in [2.05, 4.69) is 15.4 Å². The molecule has 9 nitrogen and oxygen atoms in total. The van der Waals surface area contributed by atoms with Gasteiger partial charge in [0.15, 0.2) is 0 Å². The van der Waals surface area contributed by atoms with E-state index in [1.54, 1.807) is 54.6 Å². The molecular weight excluding hydrogens is 515 g/mol. The first-order valence-corrected chi connectivity index (χ1v) is 12.5. The van der Waals surface area contributed by atoms with Gasteiger partial charge in [-0.1, -0.05) is 0 Å². The summed E-state index contributed by atoms with van der Waals surface area (Å²) in [6, 6.07) is 7.89. The molecule has 5 rings (SSSR count). The van der Waals surface area contributed by atoms with E-state index in [9.17, 15) is 22.8 Å². The average molecular weight is 544 g/mol. The molecule has 2 heterocycles. The third-order valence-electron chi connectivity index (χ3n) is 7.19. The number of rotatable bonds is 9. The summed E-state index contributed by atoms with van der Waals surface area (Å²) in [7, 11) is 1.75. The molecule has 0 bridgehead atoms. The van der Waals surface area contributed by atoms with Crippen molar-refractivity contribution in [2.45, 2.75) is 50.4 Å². The monoisotopic (exact) mass is 543 g/mol. The largest absolute Gasteiger partial charge is 0.493 e. The molecule has 0 radical (unpaired) electrons. The Kier molecular flexibility index (Phi) is 6.96. The first-order chi connectivity index (χ1) is 18.5. The van der Waals surface area contributed by atoms with Gasteiger partial charge in [0, 0.05) is 36.6 Å². The van der Waals surface area contributed by atoms with E-state index < -0.39 is 25.1 Å². The fourth-order valence-corrected chi connectivity index (χ4v) is 5.34. The number of alkyl halides is 3. The lowest BCUT2D eigenvalue weighted by Crippen LogP contribution is -2.58. The van der Waals surface area contributed by atoms with E-state index in [1.807, 2.05) is 0 Å². The zero-order valence-electron chi connectivity index (χ0n) is 21.2. The third-order valence-corrected chi connectivity index (χ3v) is 7.19. The maximum atomic E-state index is 13.1. The lowest BCUT2D eigenvalue weighted by atomic mass is 9.53. The number of aryl methyl sites for hydroxylation is 1. The van der Waals surface area contributed by atoms with E-state index >= 15 is 0 Å². The molecular formula is C27H28F3N5O4. The van der Waals surface area contributed by atoms with Crippen LogP contribution in [-0.4, -0.2) is 51.5 Å². The highest BCUT2D eigenvalue weighted by Crippen LogP contribution is 2.56. The smallest absolute Gasteiger partial charge is 0.392 e. The van der Waals surface area contributed by atoms with Gasteiger partial charge in [-0.25, -0.2) is 4.98 Å². The SMILES string of the molecule is Cn1cc(-c2cc(OCCC(F)(F)F)cc(C(=O)NC3CC4(C3)CC(Oc3ncccc3C(N)=O)C4)c2)cn1. The number of amides is 2. The van der Waals surface area contributed by atoms with Crippen molar-refractivity contribution in [3.05, 3.63) is 60.0 Å². The van der Waals surface area contributed by atoms with Crippen LogP contribution in [0.25, 0.3) is 11.1 Å². The number of hydrogen-bond donors (Lipinski definition) is 2. The fourth-order valence-electron chi connectivity index (χ4n) is 5.34. The van der Waals surface area contributed by atoms with Crippen LogP contribution >= 0.6 is 0 Å². The number of pyridine rings is 1. The minimum Gasteiger partial charge on any atom is -0.493 e. The number of ether oxygens (including phenoxy) is 2. The van der Waals surface area contributed by atoms with Crippen LogP contribution in [0.2, 0.25) is 0 Å². The van der Waals surface area contributed by atoms with Gasteiger partial charge in [-0.2, -0.15) is 18.3 Å². The minimum atomic E-state index is -4.34. The molecule has 0 aliphatic heterocycles. The number of primary amides is 1. The lowest BCUT2D eigenvalue weighted by molar-refractivity contribution is -0.139. The summed E-state index contributed by atoms with van der Waals surface area (Å²) < 4.78 is 50.6. The Morgan fingerprint density at radius 2 is 1.95 bits per heavy atom. The predicted octanol–water partition coefficient (Wildman–Crippen LogP) is 4.03. The molecule has 39 heavy (non-hydrogen) atoms. The number of nitrogens with two attached hydrogens (primary N) is 1. The summed E-state index contributed by atoms with van der Waals surface area (Å²) in [6.07, 6.45) is 2.50. The van der Waals surface area contributed by atoms with Crippen LogP contribution in [0.4, 0.5) is 13.2 Å². The van der Waals surface area contributed by atoms with Crippen LogP contribution in [0, 0.1) is 5.41 Å². The predicted molar refractivity (Wildman–Crippen MR) is 134 cm³/mol. The Labute approximate surface area is 222 Å². The van der Waals surface area contributed by atoms with E-state index in [-0.39, 0.29) is 40.7 Å². The van der Waals surface area contributed by atoms with Gasteiger partial charge in [0.05, 0.1) is 19.2 Å². The number of benzene rings is 1. The zero-order chi connectivity index (χ0) is 27.8. The molecule has 206 valence electrons. The Bertz CT molecular complexity index is 1380. The number of halogens is 3. The number of aromatic nitrogens is 3. The Morgan fingerprint density at radius 3 is 2.62 bits per heavy atom. The van der Waals surface area contributed by atoms with Crippen LogP contribution in [0.3, 0.4) is 0 Å². The summed E-state index contributed by atoms with van der Waals surface area (Å²) in [4.78, 5) is 28.8. The van der Waals surface area contributed by atoms with Crippen LogP contribution in [0.5, 0.6) is 11.6 Å². The summed E-state index contributed by atoms with van der Waals surface area (Å²) >= 11 is 0. The van der Waals surface area contributed by atoms with Gasteiger partial charge in [0.1, 0.15) is 17.4 Å². The van der Waals surface area contributed by atoms with Gasteiger partial charge >= 0.3 is 6.18 Å². The maximum Gasteiger partial charge on any atom is 0.392 e. The quantitative estimate of drug-likeness (QED) is 0.420. The Morgan fingerprint density at radius 1 is 1.18 bits per heavy atom. The fraction of sp³-hybridized carbons (Fsp3) is 0.407. The normalized spacial score (nSPS) is 22.1. The first-order valence-electron chi connectivity index (χ1n) is 12.5. The van der Waals surface area contributed by atoms with Crippen molar-refractivity contribution in [3.63, 3.8) is 0 Å². The van der Waals surface area contributed by atoms with E-state index in [4.69, 9.17) is 15.2 Å². The molecule has 12 heteroatoms. The highest BCUT2D eigenvalue weighted by atomic mass is 19.4. The highest BCUT2D eigenvalue weighted by molar-refractivity contribution is 5.96. The van der Waals surface area contributed by atoms with Crippen LogP contribution in [0.1, 0.15) is 52.8 Å². The second kappa shape index (κ2) is 10.2. The van der Waals surface area contributed by atoms with Gasteiger partial charge < -0.3 is 20.5 Å². The molecule has 3 aromatic rings. The van der Waals surface area contributed by atoms with Gasteiger partial charge in [-0.05, 0) is 67.0 Å². The van der Waals surface area contributed by atoms with Gasteiger partial charge in [-0.3, -0.25) is 14.3 Å². The van der Waals surface area contributed by atoms with Crippen molar-refractivity contribution < 1.29 is 32.2 Å². The average Bonchev–Trinajstić information content (AvgIpc) is 3.26. The number of hydrogen-bond acceptors (Lipinski definition) is 6. The molecule has 2 fully saturated rings. The molecule has 0 saturated heterocycles. The van der Waals surface area contributed by atoms with Gasteiger partial charge in [0.25, 0.3) is 11.8 Å². The summed E-state index contributed by atoms with van der Waals surface area (Å²) in [6.45, 7) is -0.547. The topological polar surface area (TPSA) is 121 Å². The molecule has 2 saturated carbocycles. The number of nitrogens with one attached hydrogen (secondary N) is 1. The molecule has 0 atom stereocenters. The molecule has 2 aliphatic rings. The third kappa shape index (κ3) is 6.15. The zero-order valence-corrected chi connectivity index (χ0v) is 21.2. The van der Waals surface area contributed by atoms with E-state index in [0.29, 0.717) is 16.7 Å². The number of nitrogens with zero attached hydrogens (tertiary/aromatic N) is 3. The van der Waals surface area contributed by atoms with Gasteiger partial charge in [-0.15, -0.1) is 0 Å². The van der Waals surface area contributed by atoms with E-state index in [1.165, 1.54) is 6.07 Å². The Balaban J connectivity index is 1.19. The molecule has 2 aliphatic carbocycles. The van der Waals surface area contributed by atoms with Gasteiger partial charge in [0.2, 0.25) is 5.88 Å². The van der Waals surface area contributed by atoms with Crippen molar-refractivity contribution in [1.29, 1.82) is 0 Å². The second-order valence-corrected chi connectivity index (χ2v) is 10.3. The van der Waals surface area contributed by atoms with E-state index in [0.717, 1.165) is 25.7 Å². The molecule has 2 aromatic heterocycles. The minimum absolute atomic E-state index is 0.0360. The van der Waals surface area contributed by atoms with Crippen LogP contribution in [-0.2, 0) is 7.05 Å². The number of carbonyl (C=O) groups excluding carboxylic acids is 2. The summed E-state index contributed by atoms with van der Waals surface area (Å²) in [5, 5.41) is 7.16. The maximum absolute atomic E-state index is 13.1. The summed E-state index contributed by atoms with van der Waals surface area (Å²) in [5.74, 6) is -0.511. The molecule has 1 spiro atoms. The van der Waals surface area contributed by atoms with Crippen LogP contribution in [0.15, 0.2) is 48.9 Å². The molecule has 3 N–H and O–H groups in total. The van der Waals surface area contributed by atoms with Crippen molar-refractivity contribution in [2.24, 2.45) is 18.2 Å². The second-order valence-electron chi connectivity index (χ2n) is 10.3. The molecule has 1 aromatic carbocycles.